The second-order valence-corrected chi connectivity index (χ2v) is 7.38. The first-order chi connectivity index (χ1) is 12.2. The van der Waals surface area contributed by atoms with Gasteiger partial charge in [-0.3, -0.25) is 0 Å². The van der Waals surface area contributed by atoms with Crippen LogP contribution in [0.4, 0.5) is 0 Å². The maximum Gasteiger partial charge on any atom is 0.334 e. The Morgan fingerprint density at radius 3 is 1.69 bits per heavy atom. The lowest BCUT2D eigenvalue weighted by Gasteiger charge is -2.17. The van der Waals surface area contributed by atoms with Crippen molar-refractivity contribution in [3.05, 3.63) is 12.2 Å². The van der Waals surface area contributed by atoms with E-state index in [-0.39, 0.29) is 26.4 Å². The van der Waals surface area contributed by atoms with Crippen molar-refractivity contribution in [2.24, 2.45) is 5.92 Å². The highest BCUT2D eigenvalue weighted by Crippen LogP contribution is 2.21. The zero-order valence-electron chi connectivity index (χ0n) is 18.3. The Bertz CT molecular complexity index is 444. The molecule has 0 aromatic rings. The molecule has 0 N–H and O–H groups in total. The number of hydrogen-bond donors (Lipinski definition) is 0. The SMILES string of the molecule is C=C(C)C(=O)OCC(C)C.CCOC(=O)C(C)(Br)C(=O)OCC.[2H]B(C)C. The standard InChI is InChI=1S/C8H13BrO4.C8H14O2.C2H7B/c1-4-12-6(10)8(3,9)7(11)13-5-2;1-6(2)5-10-8(9)7(3)4;1-3-2/h4-5H2,1-3H3;6H,3,5H2,1-2,4H3;3H,1-2H3/i;;3D. The van der Waals surface area contributed by atoms with E-state index in [1.54, 1.807) is 20.8 Å². The fourth-order valence-corrected chi connectivity index (χ4v) is 1.21. The zero-order valence-corrected chi connectivity index (χ0v) is 18.9. The van der Waals surface area contributed by atoms with Gasteiger partial charge in [-0.25, -0.2) is 14.4 Å². The quantitative estimate of drug-likeness (QED) is 0.151. The van der Waals surface area contributed by atoms with Crippen LogP contribution < -0.4 is 0 Å². The van der Waals surface area contributed by atoms with Crippen molar-refractivity contribution in [3.63, 3.8) is 0 Å². The Hall–Kier alpha value is -1.31. The van der Waals surface area contributed by atoms with Gasteiger partial charge in [0.05, 0.1) is 19.8 Å². The minimum Gasteiger partial charge on any atom is -0.465 e. The molecule has 0 aromatic heterocycles. The van der Waals surface area contributed by atoms with E-state index < -0.39 is 16.3 Å². The van der Waals surface area contributed by atoms with E-state index in [1.165, 1.54) is 6.92 Å². The molecule has 0 rings (SSSR count). The van der Waals surface area contributed by atoms with Crippen LogP contribution in [0.25, 0.3) is 0 Å². The van der Waals surface area contributed by atoms with Crippen LogP contribution in [0.5, 0.6) is 0 Å². The molecular weight excluding hydrogens is 403 g/mol. The first-order valence-electron chi connectivity index (χ1n) is 9.09. The third-order valence-corrected chi connectivity index (χ3v) is 2.86. The number of halogens is 1. The summed E-state index contributed by atoms with van der Waals surface area (Å²) >= 11 is 2.97. The number of ether oxygens (including phenoxy) is 3. The number of rotatable bonds is 7. The molecule has 0 aromatic carbocycles. The van der Waals surface area contributed by atoms with E-state index in [1.807, 2.05) is 27.5 Å². The lowest BCUT2D eigenvalue weighted by Crippen LogP contribution is -2.40. The van der Waals surface area contributed by atoms with Gasteiger partial charge in [-0.1, -0.05) is 50.0 Å². The summed E-state index contributed by atoms with van der Waals surface area (Å²) in [6, 6.07) is 0. The monoisotopic (exact) mass is 437 g/mol. The highest BCUT2D eigenvalue weighted by molar-refractivity contribution is 9.10. The van der Waals surface area contributed by atoms with Crippen LogP contribution >= 0.6 is 15.9 Å². The van der Waals surface area contributed by atoms with Crippen LogP contribution in [-0.2, 0) is 28.6 Å². The van der Waals surface area contributed by atoms with Crippen molar-refractivity contribution in [2.45, 2.75) is 59.5 Å². The third kappa shape index (κ3) is 16.2. The largest absolute Gasteiger partial charge is 0.465 e. The van der Waals surface area contributed by atoms with Crippen LogP contribution in [0.3, 0.4) is 0 Å². The molecule has 0 saturated carbocycles. The van der Waals surface area contributed by atoms with Gasteiger partial charge in [-0.05, 0) is 34.9 Å². The highest BCUT2D eigenvalue weighted by Gasteiger charge is 2.41. The van der Waals surface area contributed by atoms with Gasteiger partial charge in [0, 0.05) is 5.57 Å². The maximum atomic E-state index is 11.2. The fourth-order valence-electron chi connectivity index (χ4n) is 0.982. The van der Waals surface area contributed by atoms with Crippen molar-refractivity contribution in [1.29, 1.82) is 1.34 Å². The van der Waals surface area contributed by atoms with Gasteiger partial charge >= 0.3 is 17.9 Å². The van der Waals surface area contributed by atoms with Crippen molar-refractivity contribution in [2.75, 3.05) is 19.8 Å². The van der Waals surface area contributed by atoms with Crippen LogP contribution in [0.1, 0.15) is 41.5 Å². The van der Waals surface area contributed by atoms with E-state index in [0.29, 0.717) is 18.1 Å². The van der Waals surface area contributed by atoms with E-state index in [9.17, 15) is 14.4 Å². The summed E-state index contributed by atoms with van der Waals surface area (Å²) < 4.78 is 19.4. The van der Waals surface area contributed by atoms with Gasteiger partial charge in [0.25, 0.3) is 0 Å². The number of carbonyl (C=O) groups is 3. The highest BCUT2D eigenvalue weighted by atomic mass is 79.9. The van der Waals surface area contributed by atoms with Crippen molar-refractivity contribution in [3.8, 4) is 0 Å². The van der Waals surface area contributed by atoms with Crippen LogP contribution in [-0.4, -0.2) is 50.6 Å². The predicted molar refractivity (Wildman–Crippen MR) is 110 cm³/mol. The molecule has 8 heteroatoms. The lowest BCUT2D eigenvalue weighted by atomic mass is 9.88. The minimum atomic E-state index is -1.39. The predicted octanol–water partition coefficient (Wildman–Crippen LogP) is 3.55. The van der Waals surface area contributed by atoms with Gasteiger partial charge in [0.15, 0.2) is 0 Å². The summed E-state index contributed by atoms with van der Waals surface area (Å²) in [5.74, 6) is -1.17. The van der Waals surface area contributed by atoms with Gasteiger partial charge < -0.3 is 14.2 Å². The molecule has 0 atom stereocenters. The summed E-state index contributed by atoms with van der Waals surface area (Å²) in [5.41, 5.74) is 0.459. The molecule has 0 bridgehead atoms. The Balaban J connectivity index is -0.000000364. The van der Waals surface area contributed by atoms with Crippen LogP contribution in [0, 0.1) is 5.92 Å². The number of alkyl halides is 1. The fraction of sp³-hybridized carbons (Fsp3) is 0.722. The van der Waals surface area contributed by atoms with Crippen molar-refractivity contribution >= 4 is 41.1 Å². The Labute approximate surface area is 168 Å². The van der Waals surface area contributed by atoms with Crippen molar-refractivity contribution < 1.29 is 28.6 Å². The third-order valence-electron chi connectivity index (χ3n) is 2.21. The molecule has 0 aliphatic heterocycles. The second kappa shape index (κ2) is 17.1. The molecule has 6 nitrogen and oxygen atoms in total. The number of esters is 3. The van der Waals surface area contributed by atoms with Crippen molar-refractivity contribution in [1.82, 2.24) is 0 Å². The summed E-state index contributed by atoms with van der Waals surface area (Å²) in [5, 5.41) is 0. The molecule has 0 fully saturated rings. The van der Waals surface area contributed by atoms with Gasteiger partial charge in [0.1, 0.15) is 7.24 Å². The normalized spacial score (nSPS) is 10.2. The molecular formula is C18H34BBrO6. The molecule has 0 aliphatic rings. The van der Waals surface area contributed by atoms with Crippen LogP contribution in [0.15, 0.2) is 12.2 Å². The lowest BCUT2D eigenvalue weighted by molar-refractivity contribution is -0.157. The summed E-state index contributed by atoms with van der Waals surface area (Å²) in [4.78, 5) is 33.1. The smallest absolute Gasteiger partial charge is 0.334 e. The Kier molecular flexibility index (Phi) is 17.7. The number of hydrogen-bond acceptors (Lipinski definition) is 6. The van der Waals surface area contributed by atoms with E-state index in [2.05, 4.69) is 32.0 Å². The average Bonchev–Trinajstić information content (AvgIpc) is 2.52. The number of carbonyl (C=O) groups excluding carboxylic acids is 3. The average molecular weight is 438 g/mol. The maximum absolute atomic E-state index is 11.2. The second-order valence-electron chi connectivity index (χ2n) is 5.79. The van der Waals surface area contributed by atoms with E-state index in [4.69, 9.17) is 6.07 Å². The molecule has 26 heavy (non-hydrogen) atoms. The Morgan fingerprint density at radius 2 is 1.46 bits per heavy atom. The molecule has 0 aliphatic carbocycles. The Morgan fingerprint density at radius 1 is 1.12 bits per heavy atom. The molecule has 152 valence electrons. The molecule has 0 radical (unpaired) electrons. The molecule has 0 spiro atoms. The molecule has 0 unspecified atom stereocenters. The van der Waals surface area contributed by atoms with Gasteiger partial charge in [-0.2, -0.15) is 0 Å². The topological polar surface area (TPSA) is 78.9 Å². The first kappa shape index (κ1) is 26.9. The zero-order chi connectivity index (χ0) is 22.2. The van der Waals surface area contributed by atoms with E-state index >= 15 is 0 Å². The van der Waals surface area contributed by atoms with Gasteiger partial charge in [-0.15, -0.1) is 0 Å². The molecule has 0 saturated heterocycles. The first-order valence-corrected chi connectivity index (χ1v) is 9.31. The summed E-state index contributed by atoms with van der Waals surface area (Å²) in [6.07, 6.45) is 0. The summed E-state index contributed by atoms with van der Waals surface area (Å²) in [6.45, 7) is 18.5. The summed E-state index contributed by atoms with van der Waals surface area (Å²) in [7, 11) is 0.0833. The van der Waals surface area contributed by atoms with Gasteiger partial charge in [0.2, 0.25) is 4.32 Å². The van der Waals surface area contributed by atoms with Crippen LogP contribution in [0.2, 0.25) is 13.6 Å². The molecule has 0 heterocycles. The molecule has 0 amide bonds. The minimum absolute atomic E-state index is 0.0833. The van der Waals surface area contributed by atoms with E-state index in [0.717, 1.165) is 0 Å².